The molecular formula is C21H25ClN2O5S. The summed E-state index contributed by atoms with van der Waals surface area (Å²) in [6.07, 6.45) is 0.944. The molecule has 0 unspecified atom stereocenters. The monoisotopic (exact) mass is 452 g/mol. The molecule has 9 heteroatoms. The van der Waals surface area contributed by atoms with E-state index in [0.717, 1.165) is 11.1 Å². The Morgan fingerprint density at radius 3 is 2.37 bits per heavy atom. The van der Waals surface area contributed by atoms with Gasteiger partial charge in [-0.25, -0.2) is 8.42 Å². The van der Waals surface area contributed by atoms with Gasteiger partial charge in [-0.15, -0.1) is 0 Å². The average Bonchev–Trinajstić information content (AvgIpc) is 2.75. The van der Waals surface area contributed by atoms with Crippen LogP contribution in [0.15, 0.2) is 36.4 Å². The number of amides is 1. The summed E-state index contributed by atoms with van der Waals surface area (Å²) in [5.41, 5.74) is 2.46. The molecular weight excluding hydrogens is 428 g/mol. The van der Waals surface area contributed by atoms with Crippen LogP contribution in [0, 0.1) is 0 Å². The highest BCUT2D eigenvalue weighted by atomic mass is 35.5. The van der Waals surface area contributed by atoms with Crippen LogP contribution < -0.4 is 14.8 Å². The number of carbonyl (C=O) groups is 1. The molecule has 1 N–H and O–H groups in total. The molecule has 0 aliphatic carbocycles. The molecule has 0 atom stereocenters. The minimum atomic E-state index is -3.44. The van der Waals surface area contributed by atoms with Crippen LogP contribution in [0.3, 0.4) is 0 Å². The zero-order chi connectivity index (χ0) is 21.7. The summed E-state index contributed by atoms with van der Waals surface area (Å²) in [4.78, 5) is 12.1. The SMILES string of the molecule is COc1cc2c(cc1OC)CN(S(=O)(=O)CCCNC(=O)c1ccc(Cl)cc1)CC2. The Morgan fingerprint density at radius 1 is 1.10 bits per heavy atom. The van der Waals surface area contributed by atoms with Gasteiger partial charge in [0.25, 0.3) is 5.91 Å². The molecule has 1 amide bonds. The van der Waals surface area contributed by atoms with Crippen molar-refractivity contribution in [1.82, 2.24) is 9.62 Å². The predicted octanol–water partition coefficient (Wildman–Crippen LogP) is 2.87. The zero-order valence-corrected chi connectivity index (χ0v) is 18.6. The van der Waals surface area contributed by atoms with Crippen LogP contribution in [0.25, 0.3) is 0 Å². The van der Waals surface area contributed by atoms with Gasteiger partial charge in [-0.2, -0.15) is 4.31 Å². The van der Waals surface area contributed by atoms with E-state index in [-0.39, 0.29) is 18.2 Å². The number of benzene rings is 2. The second-order valence-electron chi connectivity index (χ2n) is 6.99. The summed E-state index contributed by atoms with van der Waals surface area (Å²) in [5, 5.41) is 3.29. The third kappa shape index (κ3) is 5.24. The Morgan fingerprint density at radius 2 is 1.73 bits per heavy atom. The van der Waals surface area contributed by atoms with E-state index in [2.05, 4.69) is 5.32 Å². The number of hydrogen-bond acceptors (Lipinski definition) is 5. The van der Waals surface area contributed by atoms with Crippen LogP contribution in [0.5, 0.6) is 11.5 Å². The van der Waals surface area contributed by atoms with E-state index >= 15 is 0 Å². The molecule has 1 aliphatic rings. The molecule has 1 aliphatic heterocycles. The van der Waals surface area contributed by atoms with Crippen LogP contribution in [0.2, 0.25) is 5.02 Å². The van der Waals surface area contributed by atoms with Gasteiger partial charge in [0.1, 0.15) is 0 Å². The van der Waals surface area contributed by atoms with E-state index in [9.17, 15) is 13.2 Å². The number of carbonyl (C=O) groups excluding carboxylic acids is 1. The molecule has 0 saturated carbocycles. The van der Waals surface area contributed by atoms with E-state index < -0.39 is 10.0 Å². The zero-order valence-electron chi connectivity index (χ0n) is 17.0. The number of fused-ring (bicyclic) bond motifs is 1. The molecule has 0 spiro atoms. The van der Waals surface area contributed by atoms with Crippen LogP contribution >= 0.6 is 11.6 Å². The van der Waals surface area contributed by atoms with Gasteiger partial charge in [-0.3, -0.25) is 4.79 Å². The van der Waals surface area contributed by atoms with Crippen molar-refractivity contribution >= 4 is 27.5 Å². The predicted molar refractivity (Wildman–Crippen MR) is 116 cm³/mol. The first-order chi connectivity index (χ1) is 14.3. The lowest BCUT2D eigenvalue weighted by atomic mass is 10.0. The lowest BCUT2D eigenvalue weighted by molar-refractivity contribution is 0.0953. The summed E-state index contributed by atoms with van der Waals surface area (Å²) in [7, 11) is -0.303. The fourth-order valence-electron chi connectivity index (χ4n) is 3.38. The molecule has 0 aromatic heterocycles. The topological polar surface area (TPSA) is 84.9 Å². The Hall–Kier alpha value is -2.29. The standard InChI is InChI=1S/C21H25ClN2O5S/c1-28-19-12-16-8-10-24(14-17(16)13-20(19)29-2)30(26,27)11-3-9-23-21(25)15-4-6-18(22)7-5-15/h4-7,12-13H,3,8-11,14H2,1-2H3,(H,23,25). The van der Waals surface area contributed by atoms with Crippen LogP contribution in [0.4, 0.5) is 0 Å². The average molecular weight is 453 g/mol. The largest absolute Gasteiger partial charge is 0.493 e. The molecule has 3 rings (SSSR count). The van der Waals surface area contributed by atoms with Crippen molar-refractivity contribution in [3.8, 4) is 11.5 Å². The number of halogens is 1. The van der Waals surface area contributed by atoms with Gasteiger partial charge in [0.15, 0.2) is 11.5 Å². The first kappa shape index (κ1) is 22.4. The molecule has 2 aromatic carbocycles. The van der Waals surface area contributed by atoms with Crippen LogP contribution in [0.1, 0.15) is 27.9 Å². The molecule has 2 aromatic rings. The van der Waals surface area contributed by atoms with E-state index in [1.54, 1.807) is 38.5 Å². The van der Waals surface area contributed by atoms with Crippen LogP contribution in [-0.4, -0.2) is 51.7 Å². The van der Waals surface area contributed by atoms with Crippen molar-refractivity contribution in [2.75, 3.05) is 33.1 Å². The smallest absolute Gasteiger partial charge is 0.251 e. The number of sulfonamides is 1. The minimum Gasteiger partial charge on any atom is -0.493 e. The van der Waals surface area contributed by atoms with E-state index in [0.29, 0.717) is 48.0 Å². The van der Waals surface area contributed by atoms with E-state index in [1.165, 1.54) is 4.31 Å². The Balaban J connectivity index is 1.55. The van der Waals surface area contributed by atoms with Crippen molar-refractivity contribution in [3.63, 3.8) is 0 Å². The second-order valence-corrected chi connectivity index (χ2v) is 9.52. The van der Waals surface area contributed by atoms with Crippen LogP contribution in [-0.2, 0) is 23.0 Å². The van der Waals surface area contributed by atoms with Crippen molar-refractivity contribution in [1.29, 1.82) is 0 Å². The van der Waals surface area contributed by atoms with Gasteiger partial charge in [0.05, 0.1) is 20.0 Å². The lowest BCUT2D eigenvalue weighted by Gasteiger charge is -2.29. The Labute approximate surface area is 182 Å². The molecule has 7 nitrogen and oxygen atoms in total. The first-order valence-corrected chi connectivity index (χ1v) is 11.6. The Kier molecular flexibility index (Phi) is 7.23. The van der Waals surface area contributed by atoms with Gasteiger partial charge in [-0.1, -0.05) is 11.6 Å². The molecule has 0 saturated heterocycles. The first-order valence-electron chi connectivity index (χ1n) is 9.59. The maximum atomic E-state index is 12.8. The summed E-state index contributed by atoms with van der Waals surface area (Å²) in [6, 6.07) is 10.3. The van der Waals surface area contributed by atoms with Crippen molar-refractivity contribution in [3.05, 3.63) is 58.1 Å². The maximum Gasteiger partial charge on any atom is 0.251 e. The highest BCUT2D eigenvalue weighted by Gasteiger charge is 2.27. The summed E-state index contributed by atoms with van der Waals surface area (Å²) in [5.74, 6) is 0.942. The number of hydrogen-bond donors (Lipinski definition) is 1. The highest BCUT2D eigenvalue weighted by molar-refractivity contribution is 7.89. The third-order valence-electron chi connectivity index (χ3n) is 5.05. The fraction of sp³-hybridized carbons (Fsp3) is 0.381. The molecule has 0 fully saturated rings. The number of ether oxygens (including phenoxy) is 2. The molecule has 162 valence electrons. The van der Waals surface area contributed by atoms with E-state index in [1.807, 2.05) is 12.1 Å². The lowest BCUT2D eigenvalue weighted by Crippen LogP contribution is -2.38. The van der Waals surface area contributed by atoms with Crippen molar-refractivity contribution < 1.29 is 22.7 Å². The second kappa shape index (κ2) is 9.68. The molecule has 30 heavy (non-hydrogen) atoms. The fourth-order valence-corrected chi connectivity index (χ4v) is 4.98. The summed E-state index contributed by atoms with van der Waals surface area (Å²) >= 11 is 5.81. The minimum absolute atomic E-state index is 0.0312. The van der Waals surface area contributed by atoms with Gasteiger partial charge in [0.2, 0.25) is 10.0 Å². The molecule has 1 heterocycles. The van der Waals surface area contributed by atoms with Gasteiger partial charge in [-0.05, 0) is 60.4 Å². The Bertz CT molecular complexity index is 1010. The maximum absolute atomic E-state index is 12.8. The summed E-state index contributed by atoms with van der Waals surface area (Å²) < 4.78 is 37.7. The van der Waals surface area contributed by atoms with E-state index in [4.69, 9.17) is 21.1 Å². The quantitative estimate of drug-likeness (QED) is 0.622. The third-order valence-corrected chi connectivity index (χ3v) is 7.20. The van der Waals surface area contributed by atoms with Gasteiger partial charge >= 0.3 is 0 Å². The molecule has 0 radical (unpaired) electrons. The number of rotatable bonds is 8. The number of nitrogens with one attached hydrogen (secondary N) is 1. The van der Waals surface area contributed by atoms with Crippen molar-refractivity contribution in [2.45, 2.75) is 19.4 Å². The number of nitrogens with zero attached hydrogens (tertiary/aromatic N) is 1. The normalized spacial score (nSPS) is 14.1. The molecule has 0 bridgehead atoms. The highest BCUT2D eigenvalue weighted by Crippen LogP contribution is 2.33. The number of methoxy groups -OCH3 is 2. The summed E-state index contributed by atoms with van der Waals surface area (Å²) in [6.45, 7) is 0.993. The van der Waals surface area contributed by atoms with Gasteiger partial charge in [0, 0.05) is 30.2 Å². The van der Waals surface area contributed by atoms with Crippen molar-refractivity contribution in [2.24, 2.45) is 0 Å². The van der Waals surface area contributed by atoms with Gasteiger partial charge < -0.3 is 14.8 Å².